The summed E-state index contributed by atoms with van der Waals surface area (Å²) in [5, 5.41) is 14.0. The number of hydrogen-bond donors (Lipinski definition) is 1. The van der Waals surface area contributed by atoms with Gasteiger partial charge in [0.15, 0.2) is 0 Å². The number of esters is 1. The van der Waals surface area contributed by atoms with Gasteiger partial charge in [0.05, 0.1) is 5.39 Å². The van der Waals surface area contributed by atoms with E-state index in [9.17, 15) is 9.90 Å². The van der Waals surface area contributed by atoms with Gasteiger partial charge in [-0.2, -0.15) is 0 Å². The third-order valence-electron chi connectivity index (χ3n) is 4.95. The Hall–Kier alpha value is -3.83. The average Bonchev–Trinajstić information content (AvgIpc) is 2.81. The van der Waals surface area contributed by atoms with Crippen LogP contribution in [0.1, 0.15) is 6.92 Å². The molecule has 32 heavy (non-hydrogen) atoms. The topological polar surface area (TPSA) is 65.0 Å². The summed E-state index contributed by atoms with van der Waals surface area (Å²) < 4.78 is 17.3. The molecule has 162 valence electrons. The minimum absolute atomic E-state index is 0.0494. The molecule has 0 spiro atoms. The third kappa shape index (κ3) is 4.74. The summed E-state index contributed by atoms with van der Waals surface area (Å²) >= 11 is 0. The first-order valence-corrected chi connectivity index (χ1v) is 10.3. The molecule has 5 nitrogen and oxygen atoms in total. The van der Waals surface area contributed by atoms with Crippen LogP contribution in [0.3, 0.4) is 0 Å². The molecule has 0 aromatic heterocycles. The number of benzene rings is 4. The van der Waals surface area contributed by atoms with Crippen molar-refractivity contribution in [2.45, 2.75) is 13.0 Å². The molecule has 1 N–H and O–H groups in total. The van der Waals surface area contributed by atoms with Gasteiger partial charge in [-0.3, -0.25) is 0 Å². The fraction of sp³-hybridized carbons (Fsp3) is 0.148. The van der Waals surface area contributed by atoms with Crippen LogP contribution in [0.25, 0.3) is 21.5 Å². The zero-order valence-corrected chi connectivity index (χ0v) is 17.8. The highest BCUT2D eigenvalue weighted by atomic mass is 16.5. The summed E-state index contributed by atoms with van der Waals surface area (Å²) in [6.07, 6.45) is -0.991. The first kappa shape index (κ1) is 21.4. The predicted molar refractivity (Wildman–Crippen MR) is 125 cm³/mol. The molecule has 0 fully saturated rings. The van der Waals surface area contributed by atoms with E-state index < -0.39 is 12.1 Å². The lowest BCUT2D eigenvalue weighted by atomic mass is 10.0. The van der Waals surface area contributed by atoms with E-state index >= 15 is 0 Å². The van der Waals surface area contributed by atoms with Crippen LogP contribution in [-0.4, -0.2) is 30.4 Å². The average molecular weight is 428 g/mol. The second-order valence-corrected chi connectivity index (χ2v) is 7.54. The zero-order valence-electron chi connectivity index (χ0n) is 17.8. The molecule has 0 heterocycles. The number of fused-ring (bicyclic) bond motifs is 2. The van der Waals surface area contributed by atoms with E-state index in [2.05, 4.69) is 12.6 Å². The van der Waals surface area contributed by atoms with Crippen LogP contribution in [0.4, 0.5) is 0 Å². The summed E-state index contributed by atoms with van der Waals surface area (Å²) in [5.74, 6) is 1.43. The number of hydrogen-bond acceptors (Lipinski definition) is 5. The van der Waals surface area contributed by atoms with Crippen molar-refractivity contribution in [1.29, 1.82) is 0 Å². The molecule has 1 unspecified atom stereocenters. The maximum atomic E-state index is 11.6. The monoisotopic (exact) mass is 428 g/mol. The lowest BCUT2D eigenvalue weighted by Gasteiger charge is -2.18. The molecular weight excluding hydrogens is 404 g/mol. The van der Waals surface area contributed by atoms with Crippen LogP contribution in [0.2, 0.25) is 0 Å². The minimum Gasteiger partial charge on any atom is -0.489 e. The van der Waals surface area contributed by atoms with Gasteiger partial charge >= 0.3 is 5.97 Å². The second-order valence-electron chi connectivity index (χ2n) is 7.54. The number of aliphatic hydroxyl groups is 1. The van der Waals surface area contributed by atoms with E-state index in [1.165, 1.54) is 0 Å². The summed E-state index contributed by atoms with van der Waals surface area (Å²) in [6, 6.07) is 25.3. The Morgan fingerprint density at radius 2 is 1.66 bits per heavy atom. The third-order valence-corrected chi connectivity index (χ3v) is 4.95. The van der Waals surface area contributed by atoms with Crippen molar-refractivity contribution in [2.75, 3.05) is 13.2 Å². The van der Waals surface area contributed by atoms with Gasteiger partial charge in [-0.15, -0.1) is 0 Å². The Morgan fingerprint density at radius 3 is 2.44 bits per heavy atom. The van der Waals surface area contributed by atoms with Crippen molar-refractivity contribution >= 4 is 27.5 Å². The van der Waals surface area contributed by atoms with Crippen molar-refractivity contribution in [2.24, 2.45) is 0 Å². The van der Waals surface area contributed by atoms with Crippen molar-refractivity contribution < 1.29 is 24.1 Å². The van der Waals surface area contributed by atoms with Gasteiger partial charge in [-0.05, 0) is 42.0 Å². The molecule has 0 saturated heterocycles. The Morgan fingerprint density at radius 1 is 0.938 bits per heavy atom. The van der Waals surface area contributed by atoms with Gasteiger partial charge < -0.3 is 19.3 Å². The number of carbonyl (C=O) groups excluding carboxylic acids is 1. The molecule has 0 aliphatic carbocycles. The quantitative estimate of drug-likeness (QED) is 0.223. The van der Waals surface area contributed by atoms with Crippen molar-refractivity contribution in [3.05, 3.63) is 91.0 Å². The number of ether oxygens (including phenoxy) is 3. The van der Waals surface area contributed by atoms with Crippen LogP contribution in [-0.2, 0) is 9.53 Å². The van der Waals surface area contributed by atoms with Crippen molar-refractivity contribution in [1.82, 2.24) is 0 Å². The Kier molecular flexibility index (Phi) is 6.38. The molecule has 0 saturated carbocycles. The van der Waals surface area contributed by atoms with Gasteiger partial charge in [0.25, 0.3) is 0 Å². The molecule has 4 aromatic rings. The molecule has 4 rings (SSSR count). The highest BCUT2D eigenvalue weighted by molar-refractivity contribution is 6.07. The van der Waals surface area contributed by atoms with Crippen LogP contribution in [0, 0.1) is 0 Å². The number of para-hydroxylation sites is 1. The lowest BCUT2D eigenvalue weighted by molar-refractivity contribution is -0.142. The van der Waals surface area contributed by atoms with E-state index in [0.29, 0.717) is 17.2 Å². The second kappa shape index (κ2) is 9.54. The number of carbonyl (C=O) groups is 1. The van der Waals surface area contributed by atoms with Gasteiger partial charge in [0.2, 0.25) is 0 Å². The summed E-state index contributed by atoms with van der Waals surface area (Å²) in [6.45, 7) is 4.87. The van der Waals surface area contributed by atoms with Gasteiger partial charge in [-0.1, -0.05) is 61.2 Å². The van der Waals surface area contributed by atoms with Crippen molar-refractivity contribution in [3.8, 4) is 17.2 Å². The normalized spacial score (nSPS) is 11.8. The Balaban J connectivity index is 1.69. The van der Waals surface area contributed by atoms with Crippen molar-refractivity contribution in [3.63, 3.8) is 0 Å². The van der Waals surface area contributed by atoms with Crippen LogP contribution < -0.4 is 9.47 Å². The predicted octanol–water partition coefficient (Wildman–Crippen LogP) is 5.64. The van der Waals surface area contributed by atoms with Crippen LogP contribution >= 0.6 is 0 Å². The highest BCUT2D eigenvalue weighted by Crippen LogP contribution is 2.41. The molecule has 0 amide bonds. The summed E-state index contributed by atoms with van der Waals surface area (Å²) in [4.78, 5) is 11.6. The Labute approximate surface area is 186 Å². The molecular formula is C27H24O5. The lowest BCUT2D eigenvalue weighted by Crippen LogP contribution is -2.25. The Bertz CT molecular complexity index is 1260. The van der Waals surface area contributed by atoms with E-state index in [4.69, 9.17) is 14.2 Å². The first-order valence-electron chi connectivity index (χ1n) is 10.3. The minimum atomic E-state index is -0.991. The van der Waals surface area contributed by atoms with E-state index in [-0.39, 0.29) is 18.8 Å². The van der Waals surface area contributed by atoms with E-state index in [1.807, 2.05) is 72.8 Å². The SMILES string of the molecule is C=C(C)C(=O)OCC(O)COc1c2ccccc2cc2cccc(Oc3ccccc3)c12. The van der Waals surface area contributed by atoms with Crippen LogP contribution in [0.5, 0.6) is 17.2 Å². The molecule has 1 atom stereocenters. The van der Waals surface area contributed by atoms with E-state index in [1.54, 1.807) is 6.92 Å². The fourth-order valence-corrected chi connectivity index (χ4v) is 3.42. The summed E-state index contributed by atoms with van der Waals surface area (Å²) in [7, 11) is 0. The zero-order chi connectivity index (χ0) is 22.5. The standard InChI is InChI=1S/C27H24O5/c1-18(2)27(29)31-17-21(28)16-30-26-23-13-7-6-9-19(23)15-20-10-8-14-24(25(20)26)32-22-11-4-3-5-12-22/h3-15,21,28H,1,16-17H2,2H3. The molecule has 5 heteroatoms. The van der Waals surface area contributed by atoms with E-state index in [0.717, 1.165) is 21.5 Å². The molecule has 0 radical (unpaired) electrons. The van der Waals surface area contributed by atoms with Crippen LogP contribution in [0.15, 0.2) is 91.0 Å². The molecule has 0 aliphatic heterocycles. The summed E-state index contributed by atoms with van der Waals surface area (Å²) in [5.41, 5.74) is 0.279. The molecule has 4 aromatic carbocycles. The number of rotatable bonds is 8. The largest absolute Gasteiger partial charge is 0.489 e. The number of aliphatic hydroxyl groups excluding tert-OH is 1. The maximum absolute atomic E-state index is 11.6. The van der Waals surface area contributed by atoms with Gasteiger partial charge in [0.1, 0.15) is 36.6 Å². The molecule has 0 aliphatic rings. The van der Waals surface area contributed by atoms with Gasteiger partial charge in [0, 0.05) is 11.0 Å². The van der Waals surface area contributed by atoms with Gasteiger partial charge in [-0.25, -0.2) is 4.79 Å². The smallest absolute Gasteiger partial charge is 0.333 e. The highest BCUT2D eigenvalue weighted by Gasteiger charge is 2.17. The fourth-order valence-electron chi connectivity index (χ4n) is 3.42. The maximum Gasteiger partial charge on any atom is 0.333 e. The molecule has 0 bridgehead atoms. The first-order chi connectivity index (χ1) is 15.5.